The second-order valence-corrected chi connectivity index (χ2v) is 10.5. The first-order chi connectivity index (χ1) is 15.3. The third-order valence-corrected chi connectivity index (χ3v) is 7.83. The summed E-state index contributed by atoms with van der Waals surface area (Å²) in [5.74, 6) is -0.951. The Bertz CT molecular complexity index is 1420. The number of sulfone groups is 1. The van der Waals surface area contributed by atoms with E-state index in [1.54, 1.807) is 43.1 Å². The maximum atomic E-state index is 13.3. The number of carbonyl (C=O) groups excluding carboxylic acids is 1. The zero-order valence-corrected chi connectivity index (χ0v) is 19.6. The molecule has 172 valence electrons. The van der Waals surface area contributed by atoms with Crippen LogP contribution in [0, 0.1) is 13.8 Å². The zero-order chi connectivity index (χ0) is 24.3. The number of nitrogens with one attached hydrogen (secondary N) is 2. The molecule has 0 unspecified atom stereocenters. The minimum absolute atomic E-state index is 0.0217. The van der Waals surface area contributed by atoms with Crippen LogP contribution in [0.2, 0.25) is 0 Å². The van der Waals surface area contributed by atoms with E-state index in [-0.39, 0.29) is 9.79 Å². The van der Waals surface area contributed by atoms with Gasteiger partial charge in [0.2, 0.25) is 9.84 Å². The highest BCUT2D eigenvalue weighted by atomic mass is 79.9. The van der Waals surface area contributed by atoms with E-state index in [2.05, 4.69) is 21.2 Å². The topological polar surface area (TPSA) is 96.1 Å². The van der Waals surface area contributed by atoms with Crippen molar-refractivity contribution in [2.75, 3.05) is 0 Å². The molecule has 11 heteroatoms. The van der Waals surface area contributed by atoms with E-state index in [4.69, 9.17) is 0 Å². The summed E-state index contributed by atoms with van der Waals surface area (Å²) in [6.07, 6.45) is -4.82. The molecular formula is C22H16BrF3N2O4S. The minimum Gasteiger partial charge on any atom is -0.341 e. The first-order valence-corrected chi connectivity index (χ1v) is 11.9. The number of alkyl halides is 3. The highest BCUT2D eigenvalue weighted by Gasteiger charge is 2.38. The van der Waals surface area contributed by atoms with Crippen LogP contribution in [0.25, 0.3) is 0 Å². The molecule has 2 N–H and O–H groups in total. The largest absolute Gasteiger partial charge is 0.432 e. The fourth-order valence-electron chi connectivity index (χ4n) is 3.76. The maximum Gasteiger partial charge on any atom is 0.432 e. The van der Waals surface area contributed by atoms with Gasteiger partial charge in [-0.3, -0.25) is 9.59 Å². The summed E-state index contributed by atoms with van der Waals surface area (Å²) in [7, 11) is -3.87. The molecule has 1 amide bonds. The van der Waals surface area contributed by atoms with Gasteiger partial charge < -0.3 is 10.3 Å². The molecule has 4 rings (SSSR count). The van der Waals surface area contributed by atoms with Crippen LogP contribution in [0.3, 0.4) is 0 Å². The Morgan fingerprint density at radius 2 is 1.52 bits per heavy atom. The lowest BCUT2D eigenvalue weighted by atomic mass is 9.95. The highest BCUT2D eigenvalue weighted by Crippen LogP contribution is 2.41. The lowest BCUT2D eigenvalue weighted by molar-refractivity contribution is -0.142. The number of hydrogen-bond acceptors (Lipinski definition) is 4. The average molecular weight is 541 g/mol. The number of rotatable bonds is 2. The van der Waals surface area contributed by atoms with Gasteiger partial charge in [0.25, 0.3) is 11.5 Å². The Labute approximate surface area is 194 Å². The number of benzene rings is 2. The Kier molecular flexibility index (Phi) is 5.52. The third-order valence-electron chi connectivity index (χ3n) is 5.34. The van der Waals surface area contributed by atoms with Crippen LogP contribution < -0.4 is 10.9 Å². The quantitative estimate of drug-likeness (QED) is 0.502. The van der Waals surface area contributed by atoms with Crippen LogP contribution in [-0.2, 0) is 16.0 Å². The molecule has 1 aliphatic heterocycles. The lowest BCUT2D eigenvalue weighted by Gasteiger charge is -2.29. The van der Waals surface area contributed by atoms with Crippen LogP contribution in [0.1, 0.15) is 44.3 Å². The van der Waals surface area contributed by atoms with Crippen LogP contribution in [-0.4, -0.2) is 19.3 Å². The van der Waals surface area contributed by atoms with Crippen LogP contribution >= 0.6 is 15.9 Å². The fraction of sp³-hybridized carbons (Fsp3) is 0.182. The Balaban J connectivity index is 1.84. The molecular weight excluding hydrogens is 525 g/mol. The van der Waals surface area contributed by atoms with Gasteiger partial charge >= 0.3 is 6.18 Å². The molecule has 1 aromatic heterocycles. The molecule has 1 aliphatic rings. The molecule has 0 fully saturated rings. The summed E-state index contributed by atoms with van der Waals surface area (Å²) in [5.41, 5.74) is -1.09. The monoisotopic (exact) mass is 540 g/mol. The zero-order valence-electron chi connectivity index (χ0n) is 17.2. The first-order valence-electron chi connectivity index (χ1n) is 9.58. The number of aromatic amines is 1. The smallest absolute Gasteiger partial charge is 0.341 e. The van der Waals surface area contributed by atoms with Gasteiger partial charge in [-0.25, -0.2) is 8.42 Å². The van der Waals surface area contributed by atoms with Gasteiger partial charge in [-0.05, 0) is 70.2 Å². The van der Waals surface area contributed by atoms with Crippen molar-refractivity contribution in [1.82, 2.24) is 10.3 Å². The number of fused-ring (bicyclic) bond motifs is 2. The van der Waals surface area contributed by atoms with Crippen molar-refractivity contribution in [3.05, 3.63) is 90.8 Å². The van der Waals surface area contributed by atoms with E-state index < -0.39 is 49.3 Å². The molecule has 2 aromatic carbocycles. The number of carbonyl (C=O) groups is 1. The van der Waals surface area contributed by atoms with Crippen molar-refractivity contribution in [2.45, 2.75) is 35.9 Å². The summed E-state index contributed by atoms with van der Waals surface area (Å²) >= 11 is 2.74. The van der Waals surface area contributed by atoms with E-state index in [1.807, 2.05) is 0 Å². The van der Waals surface area contributed by atoms with Gasteiger partial charge in [0.1, 0.15) is 11.3 Å². The lowest BCUT2D eigenvalue weighted by Crippen LogP contribution is -2.36. The third kappa shape index (κ3) is 3.99. The fourth-order valence-corrected chi connectivity index (χ4v) is 6.22. The SMILES string of the molecule is Cc1ccc2c(c1)S(=O)(=O)c1cc(C)ccc1C2NC(=O)c1cc(Br)c(C(F)(F)F)[nH]c1=O. The van der Waals surface area contributed by atoms with Gasteiger partial charge in [-0.1, -0.05) is 24.3 Å². The molecule has 0 saturated heterocycles. The van der Waals surface area contributed by atoms with Gasteiger partial charge in [-0.2, -0.15) is 13.2 Å². The van der Waals surface area contributed by atoms with Gasteiger partial charge in [0, 0.05) is 4.47 Å². The summed E-state index contributed by atoms with van der Waals surface area (Å²) in [4.78, 5) is 27.0. The molecule has 2 heterocycles. The number of hydrogen-bond donors (Lipinski definition) is 2. The number of halogens is 4. The maximum absolute atomic E-state index is 13.3. The van der Waals surface area contributed by atoms with Crippen molar-refractivity contribution in [3.63, 3.8) is 0 Å². The summed E-state index contributed by atoms with van der Waals surface area (Å²) in [6, 6.07) is 9.37. The first kappa shape index (κ1) is 23.2. The van der Waals surface area contributed by atoms with Gasteiger partial charge in [0.15, 0.2) is 0 Å². The second kappa shape index (κ2) is 7.84. The molecule has 0 spiro atoms. The van der Waals surface area contributed by atoms with Crippen LogP contribution in [0.15, 0.2) is 61.5 Å². The minimum atomic E-state index is -4.82. The number of amides is 1. The van der Waals surface area contributed by atoms with Crippen LogP contribution in [0.5, 0.6) is 0 Å². The molecule has 6 nitrogen and oxygen atoms in total. The highest BCUT2D eigenvalue weighted by molar-refractivity contribution is 9.10. The Morgan fingerprint density at radius 1 is 1.00 bits per heavy atom. The molecule has 0 bridgehead atoms. The van der Waals surface area contributed by atoms with E-state index in [9.17, 15) is 31.2 Å². The van der Waals surface area contributed by atoms with Crippen molar-refractivity contribution in [1.29, 1.82) is 0 Å². The number of aromatic nitrogens is 1. The summed E-state index contributed by atoms with van der Waals surface area (Å²) < 4.78 is 65.1. The van der Waals surface area contributed by atoms with Gasteiger partial charge in [-0.15, -0.1) is 0 Å². The van der Waals surface area contributed by atoms with Crippen LogP contribution in [0.4, 0.5) is 13.2 Å². The molecule has 0 saturated carbocycles. The van der Waals surface area contributed by atoms with E-state index in [1.165, 1.54) is 12.1 Å². The van der Waals surface area contributed by atoms with Crippen molar-refractivity contribution >= 4 is 31.7 Å². The number of pyridine rings is 1. The Morgan fingerprint density at radius 3 is 2.00 bits per heavy atom. The predicted molar refractivity (Wildman–Crippen MR) is 117 cm³/mol. The average Bonchev–Trinajstić information content (AvgIpc) is 2.72. The summed E-state index contributed by atoms with van der Waals surface area (Å²) in [5, 5.41) is 2.63. The standard InChI is InChI=1S/C22H16BrF3N2O4S/c1-10-3-5-12-16(7-10)33(31,32)17-8-11(2)4-6-13(17)18(12)27-20(29)14-9-15(23)19(22(24,25)26)28-21(14)30/h3-9,18H,1-2H3,(H,27,29)(H,28,30). The van der Waals surface area contributed by atoms with Gasteiger partial charge in [0.05, 0.1) is 15.8 Å². The number of aryl methyl sites for hydroxylation is 2. The second-order valence-electron chi connectivity index (χ2n) is 7.73. The summed E-state index contributed by atoms with van der Waals surface area (Å²) in [6.45, 7) is 3.46. The molecule has 0 aliphatic carbocycles. The number of H-pyrrole nitrogens is 1. The van der Waals surface area contributed by atoms with E-state index in [0.717, 1.165) is 6.07 Å². The van der Waals surface area contributed by atoms with E-state index >= 15 is 0 Å². The normalized spacial score (nSPS) is 15.0. The Hall–Kier alpha value is -2.92. The molecule has 0 atom stereocenters. The van der Waals surface area contributed by atoms with E-state index in [0.29, 0.717) is 22.3 Å². The molecule has 33 heavy (non-hydrogen) atoms. The van der Waals surface area contributed by atoms with Crippen molar-refractivity contribution in [3.8, 4) is 0 Å². The van der Waals surface area contributed by atoms with Crippen molar-refractivity contribution in [2.24, 2.45) is 0 Å². The predicted octanol–water partition coefficient (Wildman–Crippen LogP) is 4.44. The van der Waals surface area contributed by atoms with Crippen molar-refractivity contribution < 1.29 is 26.4 Å². The molecule has 3 aromatic rings. The molecule has 0 radical (unpaired) electrons.